The zero-order chi connectivity index (χ0) is 13.5. The van der Waals surface area contributed by atoms with Crippen molar-refractivity contribution in [3.8, 4) is 0 Å². The highest BCUT2D eigenvalue weighted by molar-refractivity contribution is 7.80. The number of thiocarbonyl (C=S) groups is 1. The second kappa shape index (κ2) is 6.90. The maximum Gasteiger partial charge on any atom is 0.217 e. The number of pyridine rings is 1. The Hall–Kier alpha value is -1.69. The Balaban J connectivity index is 2.53. The summed E-state index contributed by atoms with van der Waals surface area (Å²) < 4.78 is 0. The number of nitrogens with two attached hydrogens (primary N) is 2. The molecule has 0 fully saturated rings. The third-order valence-corrected chi connectivity index (χ3v) is 2.66. The molecule has 0 radical (unpaired) electrons. The smallest absolute Gasteiger partial charge is 0.217 e. The highest BCUT2D eigenvalue weighted by Gasteiger charge is 2.06. The molecule has 0 unspecified atom stereocenters. The minimum atomic E-state index is -0.271. The molecule has 0 saturated heterocycles. The van der Waals surface area contributed by atoms with Crippen LogP contribution in [-0.2, 0) is 4.79 Å². The maximum absolute atomic E-state index is 10.6. The van der Waals surface area contributed by atoms with Crippen molar-refractivity contribution in [1.29, 1.82) is 0 Å². The fraction of sp³-hybridized carbons (Fsp3) is 0.417. The lowest BCUT2D eigenvalue weighted by Crippen LogP contribution is -2.16. The lowest BCUT2D eigenvalue weighted by atomic mass is 10.2. The first-order valence-corrected chi connectivity index (χ1v) is 6.21. The summed E-state index contributed by atoms with van der Waals surface area (Å²) in [6, 6.07) is 3.73. The number of hydrogen-bond donors (Lipinski definition) is 3. The zero-order valence-corrected chi connectivity index (χ0v) is 11.2. The van der Waals surface area contributed by atoms with E-state index < -0.39 is 0 Å². The van der Waals surface area contributed by atoms with Crippen LogP contribution in [-0.4, -0.2) is 22.4 Å². The number of anilines is 1. The van der Waals surface area contributed by atoms with E-state index in [4.69, 9.17) is 23.7 Å². The molecule has 98 valence electrons. The van der Waals surface area contributed by atoms with Gasteiger partial charge in [0.15, 0.2) is 0 Å². The molecule has 0 atom stereocenters. The molecule has 1 rings (SSSR count). The molecule has 5 N–H and O–H groups in total. The Morgan fingerprint density at radius 3 is 2.72 bits per heavy atom. The van der Waals surface area contributed by atoms with Crippen LogP contribution in [0.4, 0.5) is 5.82 Å². The van der Waals surface area contributed by atoms with Crippen LogP contribution in [0.1, 0.15) is 30.5 Å². The third-order valence-electron chi connectivity index (χ3n) is 2.44. The Labute approximate surface area is 112 Å². The molecule has 1 heterocycles. The van der Waals surface area contributed by atoms with E-state index in [1.54, 1.807) is 0 Å². The SMILES string of the molecule is Cc1ccc(C(N)=S)c(NCCCCC(N)=O)n1. The van der Waals surface area contributed by atoms with Crippen LogP contribution in [0.3, 0.4) is 0 Å². The molecular weight excluding hydrogens is 248 g/mol. The predicted octanol–water partition coefficient (Wildman–Crippen LogP) is 1.09. The average Bonchev–Trinajstić information content (AvgIpc) is 2.27. The Morgan fingerprint density at radius 2 is 2.11 bits per heavy atom. The van der Waals surface area contributed by atoms with Gasteiger partial charge in [0.1, 0.15) is 10.8 Å². The largest absolute Gasteiger partial charge is 0.389 e. The molecule has 6 heteroatoms. The van der Waals surface area contributed by atoms with Gasteiger partial charge in [0.2, 0.25) is 5.91 Å². The van der Waals surface area contributed by atoms with Gasteiger partial charge in [0, 0.05) is 18.7 Å². The van der Waals surface area contributed by atoms with E-state index in [1.807, 2.05) is 19.1 Å². The first kappa shape index (κ1) is 14.4. The number of unbranched alkanes of at least 4 members (excludes halogenated alkanes) is 1. The lowest BCUT2D eigenvalue weighted by molar-refractivity contribution is -0.118. The van der Waals surface area contributed by atoms with E-state index >= 15 is 0 Å². The monoisotopic (exact) mass is 266 g/mol. The van der Waals surface area contributed by atoms with E-state index in [1.165, 1.54) is 0 Å². The predicted molar refractivity (Wildman–Crippen MR) is 76.4 cm³/mol. The van der Waals surface area contributed by atoms with Gasteiger partial charge >= 0.3 is 0 Å². The molecule has 0 saturated carbocycles. The van der Waals surface area contributed by atoms with Gasteiger partial charge in [-0.1, -0.05) is 12.2 Å². The van der Waals surface area contributed by atoms with Crippen LogP contribution in [0.2, 0.25) is 0 Å². The Kier molecular flexibility index (Phi) is 5.51. The van der Waals surface area contributed by atoms with E-state index in [-0.39, 0.29) is 5.91 Å². The normalized spacial score (nSPS) is 10.1. The number of primary amides is 1. The summed E-state index contributed by atoms with van der Waals surface area (Å²) >= 11 is 4.97. The lowest BCUT2D eigenvalue weighted by Gasteiger charge is -2.10. The topological polar surface area (TPSA) is 94.0 Å². The van der Waals surface area contributed by atoms with Crippen LogP contribution < -0.4 is 16.8 Å². The van der Waals surface area contributed by atoms with Gasteiger partial charge in [-0.15, -0.1) is 0 Å². The highest BCUT2D eigenvalue weighted by Crippen LogP contribution is 2.13. The van der Waals surface area contributed by atoms with E-state index in [0.29, 0.717) is 23.8 Å². The number of amides is 1. The average molecular weight is 266 g/mol. The Bertz CT molecular complexity index is 448. The van der Waals surface area contributed by atoms with Gasteiger partial charge in [-0.2, -0.15) is 0 Å². The number of nitrogens with one attached hydrogen (secondary N) is 1. The number of carbonyl (C=O) groups is 1. The number of nitrogens with zero attached hydrogens (tertiary/aromatic N) is 1. The van der Waals surface area contributed by atoms with Crippen molar-refractivity contribution in [2.24, 2.45) is 11.5 Å². The van der Waals surface area contributed by atoms with Gasteiger partial charge in [-0.3, -0.25) is 4.79 Å². The van der Waals surface area contributed by atoms with Crippen LogP contribution in [0.25, 0.3) is 0 Å². The van der Waals surface area contributed by atoms with Crippen molar-refractivity contribution in [2.45, 2.75) is 26.2 Å². The fourth-order valence-corrected chi connectivity index (χ4v) is 1.69. The minimum absolute atomic E-state index is 0.271. The molecule has 0 aromatic carbocycles. The standard InChI is InChI=1S/C12H18N4OS/c1-8-5-6-9(11(14)18)12(16-8)15-7-3-2-4-10(13)17/h5-6H,2-4,7H2,1H3,(H2,13,17)(H2,14,18)(H,15,16). The van der Waals surface area contributed by atoms with Gasteiger partial charge in [0.25, 0.3) is 0 Å². The van der Waals surface area contributed by atoms with Gasteiger partial charge < -0.3 is 16.8 Å². The van der Waals surface area contributed by atoms with Crippen molar-refractivity contribution >= 4 is 28.9 Å². The minimum Gasteiger partial charge on any atom is -0.389 e. The highest BCUT2D eigenvalue weighted by atomic mass is 32.1. The number of aryl methyl sites for hydroxylation is 1. The number of hydrogen-bond acceptors (Lipinski definition) is 4. The van der Waals surface area contributed by atoms with Crippen molar-refractivity contribution in [1.82, 2.24) is 4.98 Å². The second-order valence-corrected chi connectivity index (χ2v) is 4.50. The molecule has 1 aromatic rings. The molecule has 0 aliphatic heterocycles. The summed E-state index contributed by atoms with van der Waals surface area (Å²) in [6.45, 7) is 2.61. The summed E-state index contributed by atoms with van der Waals surface area (Å²) in [7, 11) is 0. The molecular formula is C12H18N4OS. The van der Waals surface area contributed by atoms with Crippen LogP contribution in [0.5, 0.6) is 0 Å². The number of carbonyl (C=O) groups excluding carboxylic acids is 1. The van der Waals surface area contributed by atoms with Gasteiger partial charge in [-0.05, 0) is 31.9 Å². The van der Waals surface area contributed by atoms with Crippen LogP contribution >= 0.6 is 12.2 Å². The first-order chi connectivity index (χ1) is 8.50. The molecule has 0 spiro atoms. The maximum atomic E-state index is 10.6. The van der Waals surface area contributed by atoms with Crippen molar-refractivity contribution in [3.05, 3.63) is 23.4 Å². The molecule has 0 aliphatic rings. The summed E-state index contributed by atoms with van der Waals surface area (Å²) in [4.78, 5) is 15.3. The molecule has 1 amide bonds. The van der Waals surface area contributed by atoms with Crippen molar-refractivity contribution in [3.63, 3.8) is 0 Å². The summed E-state index contributed by atoms with van der Waals surface area (Å²) in [5, 5.41) is 3.18. The third kappa shape index (κ3) is 4.67. The van der Waals surface area contributed by atoms with Crippen LogP contribution in [0, 0.1) is 6.92 Å². The quantitative estimate of drug-likeness (QED) is 0.507. The summed E-state index contributed by atoms with van der Waals surface area (Å²) in [5.41, 5.74) is 12.3. The Morgan fingerprint density at radius 1 is 1.39 bits per heavy atom. The van der Waals surface area contributed by atoms with Gasteiger partial charge in [0.05, 0.1) is 5.56 Å². The second-order valence-electron chi connectivity index (χ2n) is 4.06. The summed E-state index contributed by atoms with van der Waals surface area (Å²) in [6.07, 6.45) is 2.01. The van der Waals surface area contributed by atoms with E-state index in [9.17, 15) is 4.79 Å². The molecule has 0 bridgehead atoms. The molecule has 0 aliphatic carbocycles. The molecule has 5 nitrogen and oxygen atoms in total. The first-order valence-electron chi connectivity index (χ1n) is 5.80. The van der Waals surface area contributed by atoms with Gasteiger partial charge in [-0.25, -0.2) is 4.98 Å². The van der Waals surface area contributed by atoms with E-state index in [2.05, 4.69) is 10.3 Å². The fourth-order valence-electron chi connectivity index (χ4n) is 1.52. The zero-order valence-electron chi connectivity index (χ0n) is 10.4. The molecule has 18 heavy (non-hydrogen) atoms. The molecule has 1 aromatic heterocycles. The van der Waals surface area contributed by atoms with Crippen LogP contribution in [0.15, 0.2) is 12.1 Å². The number of rotatable bonds is 7. The summed E-state index contributed by atoms with van der Waals surface area (Å²) in [5.74, 6) is 0.425. The van der Waals surface area contributed by atoms with Crippen molar-refractivity contribution < 1.29 is 4.79 Å². The van der Waals surface area contributed by atoms with E-state index in [0.717, 1.165) is 24.1 Å². The number of aromatic nitrogens is 1. The van der Waals surface area contributed by atoms with Crippen molar-refractivity contribution in [2.75, 3.05) is 11.9 Å².